The van der Waals surface area contributed by atoms with Crippen LogP contribution in [-0.2, 0) is 19.3 Å². The van der Waals surface area contributed by atoms with Crippen molar-refractivity contribution in [3.8, 4) is 0 Å². The number of rotatable bonds is 4. The lowest BCUT2D eigenvalue weighted by molar-refractivity contribution is 0.0931. The van der Waals surface area contributed by atoms with Gasteiger partial charge < -0.3 is 10.2 Å². The van der Waals surface area contributed by atoms with E-state index in [-0.39, 0.29) is 11.9 Å². The van der Waals surface area contributed by atoms with Gasteiger partial charge in [-0.2, -0.15) is 0 Å². The second-order valence-corrected chi connectivity index (χ2v) is 7.65. The molecule has 0 bridgehead atoms. The highest BCUT2D eigenvalue weighted by Gasteiger charge is 2.22. The summed E-state index contributed by atoms with van der Waals surface area (Å²) in [6, 6.07) is 8.55. The summed E-state index contributed by atoms with van der Waals surface area (Å²) in [5.74, 6) is 1.07. The molecule has 5 heteroatoms. The number of fused-ring (bicyclic) bond motifs is 1. The van der Waals surface area contributed by atoms with E-state index in [1.165, 1.54) is 24.0 Å². The zero-order chi connectivity index (χ0) is 18.6. The average molecular weight is 364 g/mol. The minimum absolute atomic E-state index is 0.0668. The molecular weight excluding hydrogens is 336 g/mol. The van der Waals surface area contributed by atoms with Crippen molar-refractivity contribution in [2.45, 2.75) is 57.9 Å². The third kappa shape index (κ3) is 4.12. The van der Waals surface area contributed by atoms with Gasteiger partial charge in [0.05, 0.1) is 0 Å². The second-order valence-electron chi connectivity index (χ2n) is 7.65. The first-order valence-corrected chi connectivity index (χ1v) is 10.2. The Morgan fingerprint density at radius 1 is 1.11 bits per heavy atom. The standard InChI is InChI=1S/C22H28N4O/c1-2-19-14-21(24-15-23-19)26-11-9-20(10-12-26)25-22(27)18-8-7-16-5-3-4-6-17(16)13-18/h7-8,13-15,20H,2-6,9-12H2,1H3,(H,25,27). The molecule has 1 fully saturated rings. The number of hydrogen-bond acceptors (Lipinski definition) is 4. The van der Waals surface area contributed by atoms with Crippen molar-refractivity contribution in [3.05, 3.63) is 53.0 Å². The Morgan fingerprint density at radius 2 is 1.89 bits per heavy atom. The Kier molecular flexibility index (Phi) is 5.37. The predicted octanol–water partition coefficient (Wildman–Crippen LogP) is 3.32. The molecule has 1 aliphatic carbocycles. The molecule has 0 spiro atoms. The maximum atomic E-state index is 12.7. The van der Waals surface area contributed by atoms with E-state index in [2.05, 4.69) is 45.3 Å². The number of piperidine rings is 1. The summed E-state index contributed by atoms with van der Waals surface area (Å²) in [6.45, 7) is 3.93. The molecule has 1 aromatic carbocycles. The van der Waals surface area contributed by atoms with E-state index >= 15 is 0 Å². The minimum Gasteiger partial charge on any atom is -0.356 e. The fourth-order valence-corrected chi connectivity index (χ4v) is 4.15. The van der Waals surface area contributed by atoms with Crippen molar-refractivity contribution in [1.29, 1.82) is 0 Å². The molecular formula is C22H28N4O. The van der Waals surface area contributed by atoms with Crippen LogP contribution in [0, 0.1) is 0 Å². The molecule has 1 aliphatic heterocycles. The summed E-state index contributed by atoms with van der Waals surface area (Å²) in [5.41, 5.74) is 4.66. The highest BCUT2D eigenvalue weighted by atomic mass is 16.1. The molecule has 0 saturated carbocycles. The summed E-state index contributed by atoms with van der Waals surface area (Å²) in [4.78, 5) is 23.7. The molecule has 1 N–H and O–H groups in total. The van der Waals surface area contributed by atoms with Crippen LogP contribution in [-0.4, -0.2) is 35.0 Å². The summed E-state index contributed by atoms with van der Waals surface area (Å²) < 4.78 is 0. The van der Waals surface area contributed by atoms with Gasteiger partial charge in [-0.25, -0.2) is 9.97 Å². The molecule has 5 nitrogen and oxygen atoms in total. The van der Waals surface area contributed by atoms with Crippen LogP contribution in [0.25, 0.3) is 0 Å². The summed E-state index contributed by atoms with van der Waals surface area (Å²) in [5, 5.41) is 3.24. The summed E-state index contributed by atoms with van der Waals surface area (Å²) in [6.07, 6.45) is 9.22. The van der Waals surface area contributed by atoms with Gasteiger partial charge in [-0.1, -0.05) is 13.0 Å². The number of hydrogen-bond donors (Lipinski definition) is 1. The van der Waals surface area contributed by atoms with Gasteiger partial charge in [0.15, 0.2) is 0 Å². The zero-order valence-electron chi connectivity index (χ0n) is 16.1. The Hall–Kier alpha value is -2.43. The van der Waals surface area contributed by atoms with Crippen LogP contribution in [0.1, 0.15) is 59.8 Å². The highest BCUT2D eigenvalue weighted by Crippen LogP contribution is 2.23. The molecule has 2 aromatic rings. The fourth-order valence-electron chi connectivity index (χ4n) is 4.15. The monoisotopic (exact) mass is 364 g/mol. The average Bonchev–Trinajstić information content (AvgIpc) is 2.74. The van der Waals surface area contributed by atoms with Crippen molar-refractivity contribution in [2.24, 2.45) is 0 Å². The van der Waals surface area contributed by atoms with E-state index in [1.807, 2.05) is 6.07 Å². The number of benzene rings is 1. The quantitative estimate of drug-likeness (QED) is 0.904. The molecule has 1 saturated heterocycles. The minimum atomic E-state index is 0.0668. The number of anilines is 1. The van der Waals surface area contributed by atoms with Crippen molar-refractivity contribution in [2.75, 3.05) is 18.0 Å². The van der Waals surface area contributed by atoms with E-state index in [4.69, 9.17) is 0 Å². The van der Waals surface area contributed by atoms with Crippen LogP contribution in [0.4, 0.5) is 5.82 Å². The van der Waals surface area contributed by atoms with Crippen LogP contribution in [0.5, 0.6) is 0 Å². The first-order chi connectivity index (χ1) is 13.2. The number of carbonyl (C=O) groups excluding carboxylic acids is 1. The Bertz CT molecular complexity index is 812. The maximum absolute atomic E-state index is 12.7. The van der Waals surface area contributed by atoms with Gasteiger partial charge in [0, 0.05) is 36.5 Å². The molecule has 0 atom stereocenters. The lowest BCUT2D eigenvalue weighted by atomic mass is 9.90. The van der Waals surface area contributed by atoms with Gasteiger partial charge in [0.2, 0.25) is 0 Å². The van der Waals surface area contributed by atoms with Crippen molar-refractivity contribution in [1.82, 2.24) is 15.3 Å². The SMILES string of the molecule is CCc1cc(N2CCC(NC(=O)c3ccc4c(c3)CCCC4)CC2)ncn1. The molecule has 2 aliphatic rings. The lowest BCUT2D eigenvalue weighted by Crippen LogP contribution is -2.45. The van der Waals surface area contributed by atoms with Crippen LogP contribution in [0.2, 0.25) is 0 Å². The number of nitrogens with one attached hydrogen (secondary N) is 1. The number of carbonyl (C=O) groups is 1. The van der Waals surface area contributed by atoms with Crippen LogP contribution >= 0.6 is 0 Å². The zero-order valence-corrected chi connectivity index (χ0v) is 16.1. The summed E-state index contributed by atoms with van der Waals surface area (Å²) in [7, 11) is 0. The van der Waals surface area contributed by atoms with E-state index < -0.39 is 0 Å². The second kappa shape index (κ2) is 8.07. The first-order valence-electron chi connectivity index (χ1n) is 10.2. The third-order valence-electron chi connectivity index (χ3n) is 5.84. The molecule has 0 radical (unpaired) electrons. The molecule has 27 heavy (non-hydrogen) atoms. The number of amides is 1. The molecule has 0 unspecified atom stereocenters. The highest BCUT2D eigenvalue weighted by molar-refractivity contribution is 5.94. The molecule has 4 rings (SSSR count). The summed E-state index contributed by atoms with van der Waals surface area (Å²) >= 11 is 0. The van der Waals surface area contributed by atoms with Crippen LogP contribution in [0.3, 0.4) is 0 Å². The molecule has 1 amide bonds. The van der Waals surface area contributed by atoms with Crippen molar-refractivity contribution >= 4 is 11.7 Å². The lowest BCUT2D eigenvalue weighted by Gasteiger charge is -2.33. The van der Waals surface area contributed by atoms with E-state index in [9.17, 15) is 4.79 Å². The van der Waals surface area contributed by atoms with E-state index in [1.54, 1.807) is 6.33 Å². The maximum Gasteiger partial charge on any atom is 0.251 e. The Balaban J connectivity index is 1.34. The van der Waals surface area contributed by atoms with Gasteiger partial charge in [0.1, 0.15) is 12.1 Å². The van der Waals surface area contributed by atoms with Crippen molar-refractivity contribution in [3.63, 3.8) is 0 Å². The molecule has 1 aromatic heterocycles. The van der Waals surface area contributed by atoms with Gasteiger partial charge in [-0.3, -0.25) is 4.79 Å². The van der Waals surface area contributed by atoms with Gasteiger partial charge in [-0.15, -0.1) is 0 Å². The predicted molar refractivity (Wildman–Crippen MR) is 107 cm³/mol. The van der Waals surface area contributed by atoms with E-state index in [0.717, 1.165) is 62.3 Å². The Morgan fingerprint density at radius 3 is 2.67 bits per heavy atom. The largest absolute Gasteiger partial charge is 0.356 e. The smallest absolute Gasteiger partial charge is 0.251 e. The number of aromatic nitrogens is 2. The fraction of sp³-hybridized carbons (Fsp3) is 0.500. The van der Waals surface area contributed by atoms with Gasteiger partial charge in [0.25, 0.3) is 5.91 Å². The third-order valence-corrected chi connectivity index (χ3v) is 5.84. The molecule has 142 valence electrons. The number of aryl methyl sites for hydroxylation is 3. The number of nitrogens with zero attached hydrogens (tertiary/aromatic N) is 3. The van der Waals surface area contributed by atoms with Gasteiger partial charge >= 0.3 is 0 Å². The van der Waals surface area contributed by atoms with Crippen LogP contribution < -0.4 is 10.2 Å². The first kappa shape index (κ1) is 18.0. The van der Waals surface area contributed by atoms with Crippen LogP contribution in [0.15, 0.2) is 30.6 Å². The Labute approximate surface area is 161 Å². The topological polar surface area (TPSA) is 58.1 Å². The van der Waals surface area contributed by atoms with Gasteiger partial charge in [-0.05, 0) is 68.2 Å². The van der Waals surface area contributed by atoms with Crippen molar-refractivity contribution < 1.29 is 4.79 Å². The van der Waals surface area contributed by atoms with E-state index in [0.29, 0.717) is 0 Å². The molecule has 2 heterocycles. The normalized spacial score (nSPS) is 17.4.